The minimum atomic E-state index is -1.12. The summed E-state index contributed by atoms with van der Waals surface area (Å²) in [6.07, 6.45) is 3.31. The highest BCUT2D eigenvalue weighted by Gasteiger charge is 2.46. The third kappa shape index (κ3) is 17.0. The van der Waals surface area contributed by atoms with E-state index in [1.165, 1.54) is 83.1 Å². The Hall–Kier alpha value is -11.8. The third-order valence-electron chi connectivity index (χ3n) is 20.8. The second kappa shape index (κ2) is 34.7. The molecule has 0 radical (unpaired) electrons. The lowest BCUT2D eigenvalue weighted by molar-refractivity contribution is -0.148. The van der Waals surface area contributed by atoms with Crippen molar-refractivity contribution in [3.63, 3.8) is 0 Å². The number of ether oxygens (including phenoxy) is 6. The van der Waals surface area contributed by atoms with Crippen molar-refractivity contribution in [2.75, 3.05) is 129 Å². The van der Waals surface area contributed by atoms with Gasteiger partial charge in [-0.25, -0.2) is 47.5 Å². The smallest absolute Gasteiger partial charge is 0.338 e. The number of thiazole rings is 2. The second-order valence-electron chi connectivity index (χ2n) is 27.8. The predicted octanol–water partition coefficient (Wildman–Crippen LogP) is 9.60. The molecule has 2 aromatic heterocycles. The first-order valence-electron chi connectivity index (χ1n) is 36.8. The van der Waals surface area contributed by atoms with Crippen molar-refractivity contribution in [1.29, 1.82) is 0 Å². The van der Waals surface area contributed by atoms with E-state index in [2.05, 4.69) is 30.4 Å². The van der Waals surface area contributed by atoms with E-state index in [4.69, 9.17) is 61.6 Å². The number of halogens is 4. The molecular weight excluding hydrogens is 1590 g/mol. The van der Waals surface area contributed by atoms with Gasteiger partial charge < -0.3 is 68.9 Å². The van der Waals surface area contributed by atoms with Crippen molar-refractivity contribution in [3.05, 3.63) is 233 Å². The van der Waals surface area contributed by atoms with Gasteiger partial charge >= 0.3 is 35.9 Å². The number of rotatable bonds is 20. The summed E-state index contributed by atoms with van der Waals surface area (Å²) < 4.78 is 61.1. The Labute approximate surface area is 679 Å². The molecule has 0 saturated carbocycles. The summed E-state index contributed by atoms with van der Waals surface area (Å²) >= 11 is 15.8. The zero-order valence-electron chi connectivity index (χ0n) is 62.1. The summed E-state index contributed by atoms with van der Waals surface area (Å²) in [6, 6.07) is 30.8. The molecule has 6 fully saturated rings. The van der Waals surface area contributed by atoms with E-state index >= 15 is 0 Å². The molecule has 16 rings (SSSR count). The number of amides is 6. The second-order valence-corrected chi connectivity index (χ2v) is 30.4. The van der Waals surface area contributed by atoms with Crippen LogP contribution in [0.1, 0.15) is 53.9 Å². The third-order valence-corrected chi connectivity index (χ3v) is 23.0. The number of amidine groups is 2. The van der Waals surface area contributed by atoms with Gasteiger partial charge in [0.15, 0.2) is 33.8 Å². The molecule has 0 aliphatic carbocycles. The van der Waals surface area contributed by atoms with Crippen LogP contribution in [0.15, 0.2) is 189 Å². The van der Waals surface area contributed by atoms with Gasteiger partial charge in [0.25, 0.3) is 11.8 Å². The van der Waals surface area contributed by atoms with Crippen molar-refractivity contribution in [1.82, 2.24) is 50.0 Å². The normalized spacial score (nSPS) is 21.0. The molecule has 0 unspecified atom stereocenters. The Morgan fingerprint density at radius 2 is 0.897 bits per heavy atom. The van der Waals surface area contributed by atoms with E-state index in [9.17, 15) is 57.4 Å². The lowest BCUT2D eigenvalue weighted by Crippen LogP contribution is -2.53. The number of piperazine rings is 2. The number of nitrogens with zero attached hydrogens (tertiary/aromatic N) is 12. The molecule has 8 aliphatic rings. The summed E-state index contributed by atoms with van der Waals surface area (Å²) in [7, 11) is 2.59. The quantitative estimate of drug-likeness (QED) is 0.0516. The number of fused-ring (bicyclic) bond motifs is 2. The van der Waals surface area contributed by atoms with Crippen LogP contribution in [0.25, 0.3) is 0 Å². The van der Waals surface area contributed by atoms with Crippen LogP contribution in [0.3, 0.4) is 0 Å². The fourth-order valence-electron chi connectivity index (χ4n) is 15.1. The van der Waals surface area contributed by atoms with Crippen molar-refractivity contribution < 1.29 is 85.8 Å². The fourth-order valence-corrected chi connectivity index (χ4v) is 16.8. The SMILES string of the molecule is COC(=O)C1=C(CN2CCN3C(=O)N(c4ccc(Oc5ccc(C(=O)N6CCOC[C@@H]6C(=O)O)cc5)cc4)C[C@@H]3C2)NC(c2nccs2)=N[C@H]1c1ccc(F)cc1Cl.COC(=O)C1=C(CN2CCN3C(=O)N(c4ccc(Oc5ccc(C(=O)N6CCOC[C@H]6C(=O)O)cc5)cc4)C[C@@H]3C2)NC(c2nccs2)=N[C@H]1c1ccc(F)cc1Cl. The number of carboxylic acids is 2. The summed E-state index contributed by atoms with van der Waals surface area (Å²) in [5, 5.41) is 30.7. The Balaban J connectivity index is 0.000000182. The summed E-state index contributed by atoms with van der Waals surface area (Å²) in [4.78, 5) is 136. The first-order valence-corrected chi connectivity index (χ1v) is 39.3. The maximum Gasteiger partial charge on any atom is 0.338 e. The number of hydrogen-bond donors (Lipinski definition) is 4. The van der Waals surface area contributed by atoms with Crippen LogP contribution >= 0.6 is 45.9 Å². The van der Waals surface area contributed by atoms with Crippen LogP contribution < -0.4 is 29.9 Å². The molecule has 6 aromatic carbocycles. The number of carbonyl (C=O) groups is 8. The number of aliphatic imine (C=N–C) groups is 2. The van der Waals surface area contributed by atoms with Crippen LogP contribution in [0.2, 0.25) is 10.0 Å². The van der Waals surface area contributed by atoms with Crippen LogP contribution in [0, 0.1) is 11.6 Å². The van der Waals surface area contributed by atoms with Gasteiger partial charge in [-0.15, -0.1) is 22.7 Å². The van der Waals surface area contributed by atoms with E-state index in [-0.39, 0.29) is 84.9 Å². The van der Waals surface area contributed by atoms with Gasteiger partial charge in [-0.1, -0.05) is 35.3 Å². The monoisotopic (exact) mass is 1660 g/mol. The zero-order valence-corrected chi connectivity index (χ0v) is 65.2. The molecule has 6 atom stereocenters. The summed E-state index contributed by atoms with van der Waals surface area (Å²) in [6.45, 7) is 5.32. The topological polar surface area (TPSA) is 333 Å². The molecule has 6 amide bonds. The summed E-state index contributed by atoms with van der Waals surface area (Å²) in [5.41, 5.74) is 4.55. The lowest BCUT2D eigenvalue weighted by Gasteiger charge is -2.38. The molecule has 0 bridgehead atoms. The minimum Gasteiger partial charge on any atom is -0.480 e. The Morgan fingerprint density at radius 3 is 1.24 bits per heavy atom. The minimum absolute atomic E-state index is 0.0583. The number of aliphatic carboxylic acids is 2. The number of carbonyl (C=O) groups excluding carboxylic acids is 6. The lowest BCUT2D eigenvalue weighted by atomic mass is 9.95. The van der Waals surface area contributed by atoms with Crippen LogP contribution in [-0.2, 0) is 38.1 Å². The number of hydrogen-bond acceptors (Lipinski definition) is 24. The van der Waals surface area contributed by atoms with Gasteiger partial charge in [-0.2, -0.15) is 0 Å². The number of anilines is 2. The number of carboxylic acid groups (broad SMARTS) is 2. The number of morpholine rings is 2. The van der Waals surface area contributed by atoms with E-state index in [1.54, 1.807) is 95.0 Å². The van der Waals surface area contributed by atoms with Gasteiger partial charge in [-0.05, 0) is 121 Å². The Morgan fingerprint density at radius 1 is 0.517 bits per heavy atom. The molecule has 10 heterocycles. The molecule has 8 aliphatic heterocycles. The van der Waals surface area contributed by atoms with Crippen molar-refractivity contribution >= 4 is 117 Å². The number of aromatic nitrogens is 2. The average molecular weight is 1660 g/mol. The highest BCUT2D eigenvalue weighted by atomic mass is 35.5. The zero-order chi connectivity index (χ0) is 81.0. The van der Waals surface area contributed by atoms with E-state index < -0.39 is 71.5 Å². The fraction of sp³-hybridized carbons (Fsp3) is 0.300. The molecule has 36 heteroatoms. The number of nitrogens with one attached hydrogen (secondary N) is 2. The molecule has 4 N–H and O–H groups in total. The molecular formula is C80H74Cl2F2N14O16S2. The van der Waals surface area contributed by atoms with Gasteiger partial charge in [0, 0.05) is 157 Å². The number of benzene rings is 6. The van der Waals surface area contributed by atoms with Crippen LogP contribution in [0.4, 0.5) is 29.7 Å². The van der Waals surface area contributed by atoms with Gasteiger partial charge in [-0.3, -0.25) is 39.2 Å². The van der Waals surface area contributed by atoms with E-state index in [0.29, 0.717) is 155 Å². The first kappa shape index (κ1) is 79.5. The first-order chi connectivity index (χ1) is 56.1. The van der Waals surface area contributed by atoms with Crippen LogP contribution in [0.5, 0.6) is 23.0 Å². The van der Waals surface area contributed by atoms with Gasteiger partial charge in [0.1, 0.15) is 46.7 Å². The molecule has 30 nitrogen and oxygen atoms in total. The molecule has 0 spiro atoms. The van der Waals surface area contributed by atoms with Gasteiger partial charge in [0.2, 0.25) is 0 Å². The maximum atomic E-state index is 14.1. The highest BCUT2D eigenvalue weighted by molar-refractivity contribution is 7.12. The Kier molecular flexibility index (Phi) is 23.8. The van der Waals surface area contributed by atoms with Crippen LogP contribution in [-0.4, -0.2) is 252 Å². The number of methoxy groups -OCH3 is 2. The molecule has 6 saturated heterocycles. The average Bonchev–Trinajstić information content (AvgIpc) is 1.55. The van der Waals surface area contributed by atoms with Crippen molar-refractivity contribution in [2.24, 2.45) is 9.98 Å². The Bertz CT molecular complexity index is 4910. The van der Waals surface area contributed by atoms with E-state index in [0.717, 1.165) is 0 Å². The maximum absolute atomic E-state index is 14.1. The van der Waals surface area contributed by atoms with Gasteiger partial charge in [0.05, 0.1) is 63.9 Å². The number of esters is 2. The van der Waals surface area contributed by atoms with Crippen molar-refractivity contribution in [3.8, 4) is 23.0 Å². The predicted molar refractivity (Wildman–Crippen MR) is 422 cm³/mol. The standard InChI is InChI=1S/2C40H37ClFN7O8S/c2*1-55-39(53)33-31(44-35(36-43-12-17-58-36)45-34(33)29-11-4-24(42)18-30(29)41)21-46-13-14-47-26(19-46)20-49(40(47)54)25-5-9-28(10-6-25)57-27-7-2-23(3-8-27)37(50)48-15-16-56-22-32(48)38(51)52/h2*2-12,17-18,26,32,34H,13-16,19-22H2,1H3,(H,44,45)(H,51,52)/t26-,32+,34-;26-,32-,34-/m00/s1. The molecule has 8 aromatic rings. The molecule has 116 heavy (non-hydrogen) atoms. The number of urea groups is 2. The summed E-state index contributed by atoms with van der Waals surface area (Å²) in [5.74, 6) is -2.37. The van der Waals surface area contributed by atoms with Crippen molar-refractivity contribution in [2.45, 2.75) is 36.3 Å². The van der Waals surface area contributed by atoms with E-state index in [1.807, 2.05) is 44.8 Å². The molecule has 600 valence electrons. The highest BCUT2D eigenvalue weighted by Crippen LogP contribution is 2.41. The largest absolute Gasteiger partial charge is 0.480 e.